The van der Waals surface area contributed by atoms with Gasteiger partial charge in [0.1, 0.15) is 5.82 Å². The summed E-state index contributed by atoms with van der Waals surface area (Å²) in [5, 5.41) is 12.0. The molecule has 0 amide bonds. The second-order valence-corrected chi connectivity index (χ2v) is 7.60. The molecule has 1 saturated heterocycles. The average molecular weight is 433 g/mol. The van der Waals surface area contributed by atoms with Gasteiger partial charge >= 0.3 is 0 Å². The minimum atomic E-state index is 0.167. The van der Waals surface area contributed by atoms with Crippen molar-refractivity contribution in [1.82, 2.24) is 15.1 Å². The van der Waals surface area contributed by atoms with Crippen LogP contribution >= 0.6 is 11.6 Å². The van der Waals surface area contributed by atoms with E-state index in [2.05, 4.69) is 22.2 Å². The number of halogens is 1. The van der Waals surface area contributed by atoms with Crippen LogP contribution in [-0.2, 0) is 4.74 Å². The summed E-state index contributed by atoms with van der Waals surface area (Å²) in [4.78, 5) is 4.71. The molecule has 0 aliphatic carbocycles. The minimum absolute atomic E-state index is 0.167. The van der Waals surface area contributed by atoms with Crippen molar-refractivity contribution in [2.45, 2.75) is 0 Å². The van der Waals surface area contributed by atoms with Crippen LogP contribution in [0.5, 0.6) is 0 Å². The molecule has 0 spiro atoms. The maximum atomic E-state index is 8.48. The minimum Gasteiger partial charge on any atom is -0.397 e. The number of nitrogens with one attached hydrogen (secondary N) is 2. The molecule has 6 N–H and O–H groups in total. The molecule has 1 aromatic carbocycles. The Kier molecular flexibility index (Phi) is 9.89. The fourth-order valence-electron chi connectivity index (χ4n) is 3.11. The van der Waals surface area contributed by atoms with Crippen LogP contribution < -0.4 is 16.8 Å². The molecule has 1 aliphatic heterocycles. The second kappa shape index (κ2) is 12.4. The number of benzene rings is 1. The highest BCUT2D eigenvalue weighted by atomic mass is 35.5. The van der Waals surface area contributed by atoms with Crippen molar-refractivity contribution in [3.05, 3.63) is 64.5 Å². The summed E-state index contributed by atoms with van der Waals surface area (Å²) in [6, 6.07) is 9.42. The third kappa shape index (κ3) is 7.18. The Morgan fingerprint density at radius 2 is 1.87 bits per heavy atom. The number of likely N-dealkylation sites (N-methyl/N-ethyl adjacent to an activating group) is 1. The van der Waals surface area contributed by atoms with Gasteiger partial charge in [-0.3, -0.25) is 4.90 Å². The number of hydrogen-bond acceptors (Lipinski definition) is 7. The quantitative estimate of drug-likeness (QED) is 0.332. The number of ether oxygens (including phenoxy) is 1. The Hall–Kier alpha value is -2.32. The van der Waals surface area contributed by atoms with Gasteiger partial charge in [0.15, 0.2) is 0 Å². The molecule has 0 unspecified atom stereocenters. The van der Waals surface area contributed by atoms with Crippen molar-refractivity contribution < 1.29 is 4.74 Å². The molecule has 0 aromatic heterocycles. The third-order valence-electron chi connectivity index (χ3n) is 4.97. The van der Waals surface area contributed by atoms with Gasteiger partial charge < -0.3 is 31.8 Å². The Morgan fingerprint density at radius 3 is 2.50 bits per heavy atom. The number of nitrogens with zero attached hydrogens (tertiary/aromatic N) is 2. The molecule has 1 aromatic rings. The van der Waals surface area contributed by atoms with Crippen molar-refractivity contribution in [2.75, 3.05) is 60.0 Å². The van der Waals surface area contributed by atoms with E-state index in [0.717, 1.165) is 38.3 Å². The molecule has 1 heterocycles. The molecular weight excluding hydrogens is 400 g/mol. The largest absolute Gasteiger partial charge is 0.397 e. The molecule has 7 nitrogen and oxygen atoms in total. The van der Waals surface area contributed by atoms with Crippen molar-refractivity contribution in [2.24, 2.45) is 11.5 Å². The van der Waals surface area contributed by atoms with Crippen molar-refractivity contribution in [3.63, 3.8) is 0 Å². The molecule has 2 rings (SSSR count). The Morgan fingerprint density at radius 1 is 1.20 bits per heavy atom. The van der Waals surface area contributed by atoms with E-state index in [1.165, 1.54) is 0 Å². The van der Waals surface area contributed by atoms with Gasteiger partial charge in [-0.05, 0) is 18.7 Å². The van der Waals surface area contributed by atoms with Gasteiger partial charge in [-0.1, -0.05) is 48.0 Å². The molecular formula is C22H33ClN6O. The summed E-state index contributed by atoms with van der Waals surface area (Å²) >= 11 is 6.63. The lowest BCUT2D eigenvalue weighted by molar-refractivity contribution is 0.155. The number of nitrogens with two attached hydrogens (primary N) is 2. The lowest BCUT2D eigenvalue weighted by Gasteiger charge is -2.32. The first-order chi connectivity index (χ1) is 14.4. The number of methoxy groups -OCH3 is 1. The van der Waals surface area contributed by atoms with Gasteiger partial charge in [0.05, 0.1) is 28.6 Å². The molecule has 1 fully saturated rings. The number of rotatable bonds is 10. The SMILES string of the molecule is COC/C=C/C(=N)C(=C(/N)NCCN1CCN(C)CC1)/C(Cl)=C(\N)c1ccccc1. The van der Waals surface area contributed by atoms with E-state index in [1.54, 1.807) is 19.3 Å². The van der Waals surface area contributed by atoms with E-state index in [0.29, 0.717) is 30.2 Å². The number of allylic oxidation sites excluding steroid dienone is 3. The van der Waals surface area contributed by atoms with E-state index in [-0.39, 0.29) is 10.7 Å². The lowest BCUT2D eigenvalue weighted by Crippen LogP contribution is -2.46. The predicted molar refractivity (Wildman–Crippen MR) is 125 cm³/mol. The lowest BCUT2D eigenvalue weighted by atomic mass is 10.0. The first-order valence-electron chi connectivity index (χ1n) is 10.0. The smallest absolute Gasteiger partial charge is 0.107 e. The van der Waals surface area contributed by atoms with Crippen LogP contribution in [0.2, 0.25) is 0 Å². The molecule has 0 atom stereocenters. The van der Waals surface area contributed by atoms with Gasteiger partial charge in [-0.2, -0.15) is 0 Å². The maximum Gasteiger partial charge on any atom is 0.107 e. The standard InChI is InChI=1S/C22H33ClN6O/c1-28-12-14-29(15-13-28)11-10-27-22(26)19(18(24)9-6-16-30-2)20(23)21(25)17-7-4-3-5-8-17/h3-9,24,27H,10-16,25-26H2,1-2H3/b9-6+,21-20+,22-19+,24-18?. The molecule has 30 heavy (non-hydrogen) atoms. The zero-order valence-electron chi connectivity index (χ0n) is 17.8. The first kappa shape index (κ1) is 24.0. The van der Waals surface area contributed by atoms with E-state index < -0.39 is 0 Å². The van der Waals surface area contributed by atoms with Crippen LogP contribution in [0.25, 0.3) is 5.70 Å². The molecule has 164 valence electrons. The average Bonchev–Trinajstić information content (AvgIpc) is 2.75. The summed E-state index contributed by atoms with van der Waals surface area (Å²) in [5.41, 5.74) is 14.3. The molecule has 1 aliphatic rings. The summed E-state index contributed by atoms with van der Waals surface area (Å²) in [6.45, 7) is 6.11. The summed E-state index contributed by atoms with van der Waals surface area (Å²) in [7, 11) is 3.73. The first-order valence-corrected chi connectivity index (χ1v) is 10.4. The van der Waals surface area contributed by atoms with Gasteiger partial charge in [0, 0.05) is 46.4 Å². The fraction of sp³-hybridized carbons (Fsp3) is 0.409. The monoisotopic (exact) mass is 432 g/mol. The third-order valence-corrected chi connectivity index (χ3v) is 5.36. The van der Waals surface area contributed by atoms with Crippen LogP contribution in [0.15, 0.2) is 58.9 Å². The van der Waals surface area contributed by atoms with E-state index >= 15 is 0 Å². The summed E-state index contributed by atoms with van der Waals surface area (Å²) < 4.78 is 5.02. The van der Waals surface area contributed by atoms with Crippen molar-refractivity contribution in [1.29, 1.82) is 5.41 Å². The number of piperazine rings is 1. The van der Waals surface area contributed by atoms with E-state index in [1.807, 2.05) is 30.3 Å². The van der Waals surface area contributed by atoms with Crippen LogP contribution in [-0.4, -0.2) is 75.5 Å². The Labute approximate surface area is 184 Å². The summed E-state index contributed by atoms with van der Waals surface area (Å²) in [6.07, 6.45) is 3.36. The molecule has 0 saturated carbocycles. The van der Waals surface area contributed by atoms with Crippen molar-refractivity contribution >= 4 is 23.0 Å². The Bertz CT molecular complexity index is 782. The zero-order chi connectivity index (χ0) is 21.9. The van der Waals surface area contributed by atoms with Crippen LogP contribution in [0.4, 0.5) is 0 Å². The highest BCUT2D eigenvalue weighted by Gasteiger charge is 2.17. The Balaban J connectivity index is 2.19. The molecule has 0 bridgehead atoms. The van der Waals surface area contributed by atoms with E-state index in [4.69, 9.17) is 33.2 Å². The second-order valence-electron chi connectivity index (χ2n) is 7.23. The topological polar surface area (TPSA) is 104 Å². The fourth-order valence-corrected chi connectivity index (χ4v) is 3.43. The van der Waals surface area contributed by atoms with Gasteiger partial charge in [-0.15, -0.1) is 0 Å². The van der Waals surface area contributed by atoms with Crippen LogP contribution in [0, 0.1) is 5.41 Å². The molecule has 8 heteroatoms. The molecule has 0 radical (unpaired) electrons. The van der Waals surface area contributed by atoms with Gasteiger partial charge in [-0.25, -0.2) is 0 Å². The highest BCUT2D eigenvalue weighted by Crippen LogP contribution is 2.25. The highest BCUT2D eigenvalue weighted by molar-refractivity contribution is 6.39. The van der Waals surface area contributed by atoms with Crippen molar-refractivity contribution in [3.8, 4) is 0 Å². The normalized spacial score (nSPS) is 17.6. The van der Waals surface area contributed by atoms with Crippen LogP contribution in [0.3, 0.4) is 0 Å². The van der Waals surface area contributed by atoms with Gasteiger partial charge in [0.2, 0.25) is 0 Å². The maximum absolute atomic E-state index is 8.48. The zero-order valence-corrected chi connectivity index (χ0v) is 18.6. The van der Waals surface area contributed by atoms with E-state index in [9.17, 15) is 0 Å². The number of hydrogen-bond donors (Lipinski definition) is 4. The van der Waals surface area contributed by atoms with Crippen LogP contribution in [0.1, 0.15) is 5.56 Å². The summed E-state index contributed by atoms with van der Waals surface area (Å²) in [5.74, 6) is 0.333. The van der Waals surface area contributed by atoms with Gasteiger partial charge in [0.25, 0.3) is 0 Å². The predicted octanol–water partition coefficient (Wildman–Crippen LogP) is 1.78.